The van der Waals surface area contributed by atoms with Crippen LogP contribution in [0.1, 0.15) is 6.92 Å². The lowest BCUT2D eigenvalue weighted by Crippen LogP contribution is -2.57. The van der Waals surface area contributed by atoms with Crippen LogP contribution in [0.25, 0.3) is 0 Å². The van der Waals surface area contributed by atoms with Gasteiger partial charge in [-0.1, -0.05) is 0 Å². The first-order valence-corrected chi connectivity index (χ1v) is 6.15. The molecule has 0 saturated carbocycles. The normalized spacial score (nSPS) is 18.9. The Balaban J connectivity index is 1.99. The Morgan fingerprint density at radius 1 is 1.53 bits per heavy atom. The predicted octanol–water partition coefficient (Wildman–Crippen LogP) is -0.740. The summed E-state index contributed by atoms with van der Waals surface area (Å²) in [6.07, 6.45) is 3.25. The quantitative estimate of drug-likeness (QED) is 0.777. The first-order chi connectivity index (χ1) is 9.09. The van der Waals surface area contributed by atoms with Crippen LogP contribution in [0, 0.1) is 0 Å². The summed E-state index contributed by atoms with van der Waals surface area (Å²) in [4.78, 5) is 35.1. The standard InChI is InChI=1S/C12H17N5O2/c1-9-11(19)13-6-7-17(9)10(18)8-16(2)12-14-4-3-5-15-12/h3-5,9H,6-8H2,1-2H3,(H,13,19). The first kappa shape index (κ1) is 13.3. The third-order valence-electron chi connectivity index (χ3n) is 3.09. The molecule has 0 radical (unpaired) electrons. The summed E-state index contributed by atoms with van der Waals surface area (Å²) in [5, 5.41) is 2.73. The van der Waals surface area contributed by atoms with E-state index in [0.29, 0.717) is 19.0 Å². The highest BCUT2D eigenvalue weighted by Crippen LogP contribution is 2.07. The van der Waals surface area contributed by atoms with E-state index >= 15 is 0 Å². The van der Waals surface area contributed by atoms with Gasteiger partial charge in [0.05, 0.1) is 6.54 Å². The number of nitrogens with zero attached hydrogens (tertiary/aromatic N) is 4. The Bertz CT molecular complexity index is 464. The number of hydrogen-bond donors (Lipinski definition) is 1. The van der Waals surface area contributed by atoms with E-state index in [1.54, 1.807) is 42.2 Å². The molecule has 1 N–H and O–H groups in total. The summed E-state index contributed by atoms with van der Waals surface area (Å²) in [7, 11) is 1.75. The molecule has 1 fully saturated rings. The van der Waals surface area contributed by atoms with Gasteiger partial charge in [-0.2, -0.15) is 0 Å². The number of hydrogen-bond acceptors (Lipinski definition) is 5. The number of anilines is 1. The third kappa shape index (κ3) is 2.98. The van der Waals surface area contributed by atoms with Gasteiger partial charge in [-0.15, -0.1) is 0 Å². The van der Waals surface area contributed by atoms with Gasteiger partial charge >= 0.3 is 0 Å². The molecular weight excluding hydrogens is 246 g/mol. The molecule has 1 saturated heterocycles. The Morgan fingerprint density at radius 3 is 2.89 bits per heavy atom. The minimum absolute atomic E-state index is 0.0997. The zero-order valence-corrected chi connectivity index (χ0v) is 11.0. The van der Waals surface area contributed by atoms with Crippen LogP contribution < -0.4 is 10.2 Å². The number of likely N-dealkylation sites (N-methyl/N-ethyl adjacent to an activating group) is 1. The van der Waals surface area contributed by atoms with E-state index in [1.165, 1.54) is 0 Å². The molecule has 1 aromatic heterocycles. The molecule has 0 bridgehead atoms. The summed E-state index contributed by atoms with van der Waals surface area (Å²) < 4.78 is 0. The van der Waals surface area contributed by atoms with Gasteiger partial charge in [0.15, 0.2) is 0 Å². The molecule has 1 aromatic rings. The molecule has 2 amide bonds. The second-order valence-corrected chi connectivity index (χ2v) is 4.46. The molecule has 7 heteroatoms. The van der Waals surface area contributed by atoms with Crippen LogP contribution >= 0.6 is 0 Å². The lowest BCUT2D eigenvalue weighted by Gasteiger charge is -2.33. The maximum atomic E-state index is 12.2. The van der Waals surface area contributed by atoms with E-state index in [0.717, 1.165) is 0 Å². The van der Waals surface area contributed by atoms with Crippen molar-refractivity contribution < 1.29 is 9.59 Å². The minimum atomic E-state index is -0.425. The molecule has 1 aliphatic heterocycles. The van der Waals surface area contributed by atoms with E-state index in [4.69, 9.17) is 0 Å². The van der Waals surface area contributed by atoms with Gasteiger partial charge in [0.1, 0.15) is 6.04 Å². The summed E-state index contributed by atoms with van der Waals surface area (Å²) in [5.41, 5.74) is 0. The number of nitrogens with one attached hydrogen (secondary N) is 1. The van der Waals surface area contributed by atoms with Gasteiger partial charge < -0.3 is 15.1 Å². The molecule has 102 valence electrons. The number of carbonyl (C=O) groups excluding carboxylic acids is 2. The number of carbonyl (C=O) groups is 2. The van der Waals surface area contributed by atoms with Crippen LogP contribution in [0.15, 0.2) is 18.5 Å². The van der Waals surface area contributed by atoms with E-state index in [-0.39, 0.29) is 18.4 Å². The number of rotatable bonds is 3. The monoisotopic (exact) mass is 263 g/mol. The van der Waals surface area contributed by atoms with Gasteiger partial charge in [-0.05, 0) is 13.0 Å². The van der Waals surface area contributed by atoms with Gasteiger partial charge in [0, 0.05) is 32.5 Å². The van der Waals surface area contributed by atoms with Gasteiger partial charge in [0.2, 0.25) is 17.8 Å². The zero-order valence-electron chi connectivity index (χ0n) is 11.0. The van der Waals surface area contributed by atoms with E-state index < -0.39 is 6.04 Å². The van der Waals surface area contributed by atoms with Gasteiger partial charge in [-0.3, -0.25) is 9.59 Å². The Morgan fingerprint density at radius 2 is 2.21 bits per heavy atom. The molecule has 0 spiro atoms. The van der Waals surface area contributed by atoms with Crippen LogP contribution in [-0.2, 0) is 9.59 Å². The van der Waals surface area contributed by atoms with E-state index in [2.05, 4.69) is 15.3 Å². The van der Waals surface area contributed by atoms with E-state index in [9.17, 15) is 9.59 Å². The maximum Gasteiger partial charge on any atom is 0.242 e. The highest BCUT2D eigenvalue weighted by atomic mass is 16.2. The van der Waals surface area contributed by atoms with Crippen molar-refractivity contribution >= 4 is 17.8 Å². The Hall–Kier alpha value is -2.18. The van der Waals surface area contributed by atoms with Crippen LogP contribution in [0.5, 0.6) is 0 Å². The van der Waals surface area contributed by atoms with Crippen molar-refractivity contribution in [3.05, 3.63) is 18.5 Å². The second-order valence-electron chi connectivity index (χ2n) is 4.46. The zero-order chi connectivity index (χ0) is 13.8. The van der Waals surface area contributed by atoms with Crippen LogP contribution in [0.4, 0.5) is 5.95 Å². The fourth-order valence-corrected chi connectivity index (χ4v) is 1.98. The van der Waals surface area contributed by atoms with Gasteiger partial charge in [-0.25, -0.2) is 9.97 Å². The summed E-state index contributed by atoms with van der Waals surface area (Å²) in [6, 6.07) is 1.29. The van der Waals surface area contributed by atoms with Crippen molar-refractivity contribution in [1.82, 2.24) is 20.2 Å². The van der Waals surface area contributed by atoms with Gasteiger partial charge in [0.25, 0.3) is 0 Å². The van der Waals surface area contributed by atoms with Crippen molar-refractivity contribution in [1.29, 1.82) is 0 Å². The Kier molecular flexibility index (Phi) is 3.94. The number of aromatic nitrogens is 2. The number of amides is 2. The van der Waals surface area contributed by atoms with Crippen LogP contribution in [0.2, 0.25) is 0 Å². The highest BCUT2D eigenvalue weighted by Gasteiger charge is 2.29. The maximum absolute atomic E-state index is 12.2. The molecule has 1 unspecified atom stereocenters. The molecule has 1 atom stereocenters. The summed E-state index contributed by atoms with van der Waals surface area (Å²) in [5.74, 6) is 0.278. The molecule has 2 heterocycles. The number of piperazine rings is 1. The first-order valence-electron chi connectivity index (χ1n) is 6.15. The summed E-state index contributed by atoms with van der Waals surface area (Å²) >= 11 is 0. The third-order valence-corrected chi connectivity index (χ3v) is 3.09. The summed E-state index contributed by atoms with van der Waals surface area (Å²) in [6.45, 7) is 2.92. The van der Waals surface area contributed by atoms with Crippen molar-refractivity contribution in [3.8, 4) is 0 Å². The van der Waals surface area contributed by atoms with Crippen molar-refractivity contribution in [2.75, 3.05) is 31.6 Å². The lowest BCUT2D eigenvalue weighted by molar-refractivity contribution is -0.141. The molecule has 1 aliphatic rings. The van der Waals surface area contributed by atoms with Crippen LogP contribution in [-0.4, -0.2) is 59.4 Å². The van der Waals surface area contributed by atoms with E-state index in [1.807, 2.05) is 0 Å². The average molecular weight is 263 g/mol. The van der Waals surface area contributed by atoms with Crippen molar-refractivity contribution in [3.63, 3.8) is 0 Å². The van der Waals surface area contributed by atoms with Crippen molar-refractivity contribution in [2.24, 2.45) is 0 Å². The van der Waals surface area contributed by atoms with Crippen molar-refractivity contribution in [2.45, 2.75) is 13.0 Å². The molecule has 0 aromatic carbocycles. The second kappa shape index (κ2) is 5.64. The topological polar surface area (TPSA) is 78.4 Å². The van der Waals surface area contributed by atoms with Crippen LogP contribution in [0.3, 0.4) is 0 Å². The minimum Gasteiger partial charge on any atom is -0.353 e. The SMILES string of the molecule is CC1C(=O)NCCN1C(=O)CN(C)c1ncccn1. The molecule has 7 nitrogen and oxygen atoms in total. The fraction of sp³-hybridized carbons (Fsp3) is 0.500. The average Bonchev–Trinajstić information content (AvgIpc) is 2.42. The molecule has 0 aliphatic carbocycles. The molecular formula is C12H17N5O2. The molecule has 19 heavy (non-hydrogen) atoms. The smallest absolute Gasteiger partial charge is 0.242 e. The fourth-order valence-electron chi connectivity index (χ4n) is 1.98. The largest absolute Gasteiger partial charge is 0.353 e. The lowest BCUT2D eigenvalue weighted by atomic mass is 10.2. The predicted molar refractivity (Wildman–Crippen MR) is 69.5 cm³/mol. The Labute approximate surface area is 111 Å². The highest BCUT2D eigenvalue weighted by molar-refractivity contribution is 5.90. The molecule has 2 rings (SSSR count).